The third-order valence-corrected chi connectivity index (χ3v) is 6.10. The molecule has 1 N–H and O–H groups in total. The van der Waals surface area contributed by atoms with Gasteiger partial charge >= 0.3 is 0 Å². The number of ether oxygens (including phenoxy) is 2. The number of aromatic nitrogens is 1. The Hall–Kier alpha value is -2.16. The van der Waals surface area contributed by atoms with E-state index in [2.05, 4.69) is 10.3 Å². The average Bonchev–Trinajstić information content (AvgIpc) is 3.36. The van der Waals surface area contributed by atoms with Crippen LogP contribution in [-0.2, 0) is 22.5 Å². The maximum atomic E-state index is 13.0. The lowest BCUT2D eigenvalue weighted by atomic mass is 10.1. The van der Waals surface area contributed by atoms with Gasteiger partial charge in [-0.1, -0.05) is 22.9 Å². The van der Waals surface area contributed by atoms with Crippen LogP contribution in [0.15, 0.2) is 18.2 Å². The number of carbonyl (C=O) groups is 2. The monoisotopic (exact) mass is 421 g/mol. The smallest absolute Gasteiger partial charge is 0.258 e. The lowest BCUT2D eigenvalue weighted by Crippen LogP contribution is -2.35. The third-order valence-electron chi connectivity index (χ3n) is 4.86. The normalized spacial score (nSPS) is 18.6. The Bertz CT molecular complexity index is 911. The summed E-state index contributed by atoms with van der Waals surface area (Å²) >= 11 is 7.46. The molecule has 1 aromatic heterocycles. The Labute approximate surface area is 171 Å². The van der Waals surface area contributed by atoms with Gasteiger partial charge in [-0.2, -0.15) is 0 Å². The highest BCUT2D eigenvalue weighted by atomic mass is 35.5. The maximum Gasteiger partial charge on any atom is 0.258 e. The number of benzene rings is 1. The molecule has 0 spiro atoms. The van der Waals surface area contributed by atoms with E-state index in [1.54, 1.807) is 23.1 Å². The first-order valence-corrected chi connectivity index (χ1v) is 10.3. The standard InChI is InChI=1S/C19H20ClN3O4S/c1-26-14-5-4-11(20)9-12(14)18(25)23-7-6-13-16(10-23)28-19(21-13)22-17(24)15-3-2-8-27-15/h4-5,9,15H,2-3,6-8,10H2,1H3,(H,21,22,24)/t15-/m0/s1. The van der Waals surface area contributed by atoms with E-state index in [4.69, 9.17) is 21.1 Å². The van der Waals surface area contributed by atoms with Gasteiger partial charge in [-0.3, -0.25) is 14.9 Å². The molecule has 7 nitrogen and oxygen atoms in total. The number of halogens is 1. The molecule has 1 saturated heterocycles. The summed E-state index contributed by atoms with van der Waals surface area (Å²) in [7, 11) is 1.53. The molecule has 1 aromatic carbocycles. The van der Waals surface area contributed by atoms with Gasteiger partial charge in [0, 0.05) is 29.5 Å². The molecule has 1 atom stereocenters. The van der Waals surface area contributed by atoms with Crippen molar-refractivity contribution in [1.82, 2.24) is 9.88 Å². The van der Waals surface area contributed by atoms with E-state index < -0.39 is 6.10 Å². The summed E-state index contributed by atoms with van der Waals surface area (Å²) in [6.07, 6.45) is 1.88. The average molecular weight is 422 g/mol. The number of rotatable bonds is 4. The van der Waals surface area contributed by atoms with Gasteiger partial charge in [0.15, 0.2) is 5.13 Å². The predicted molar refractivity (Wildman–Crippen MR) is 106 cm³/mol. The number of amides is 2. The minimum Gasteiger partial charge on any atom is -0.496 e. The Morgan fingerprint density at radius 1 is 1.43 bits per heavy atom. The van der Waals surface area contributed by atoms with Crippen molar-refractivity contribution in [2.75, 3.05) is 25.6 Å². The van der Waals surface area contributed by atoms with Gasteiger partial charge < -0.3 is 14.4 Å². The van der Waals surface area contributed by atoms with Gasteiger partial charge in [0.05, 0.1) is 24.9 Å². The second-order valence-corrected chi connectivity index (χ2v) is 8.22. The molecule has 2 aromatic rings. The van der Waals surface area contributed by atoms with Crippen molar-refractivity contribution in [2.45, 2.75) is 31.9 Å². The van der Waals surface area contributed by atoms with Crippen molar-refractivity contribution in [3.8, 4) is 5.75 Å². The molecule has 2 aliphatic heterocycles. The molecule has 2 aliphatic rings. The van der Waals surface area contributed by atoms with Gasteiger partial charge in [0.1, 0.15) is 11.9 Å². The first-order chi connectivity index (χ1) is 13.5. The van der Waals surface area contributed by atoms with E-state index in [9.17, 15) is 9.59 Å². The van der Waals surface area contributed by atoms with Crippen molar-refractivity contribution in [2.24, 2.45) is 0 Å². The van der Waals surface area contributed by atoms with Crippen molar-refractivity contribution < 1.29 is 19.1 Å². The number of methoxy groups -OCH3 is 1. The lowest BCUT2D eigenvalue weighted by molar-refractivity contribution is -0.124. The van der Waals surface area contributed by atoms with Gasteiger partial charge in [-0.25, -0.2) is 4.98 Å². The molecule has 28 heavy (non-hydrogen) atoms. The van der Waals surface area contributed by atoms with Crippen LogP contribution in [0.2, 0.25) is 5.02 Å². The summed E-state index contributed by atoms with van der Waals surface area (Å²) in [6.45, 7) is 1.61. The van der Waals surface area contributed by atoms with Gasteiger partial charge in [0.2, 0.25) is 0 Å². The topological polar surface area (TPSA) is 80.8 Å². The maximum absolute atomic E-state index is 13.0. The quantitative estimate of drug-likeness (QED) is 0.820. The van der Waals surface area contributed by atoms with E-state index in [0.29, 0.717) is 47.6 Å². The highest BCUT2D eigenvalue weighted by Crippen LogP contribution is 2.31. The second kappa shape index (κ2) is 8.06. The first kappa shape index (κ1) is 19.2. The molecule has 3 heterocycles. The lowest BCUT2D eigenvalue weighted by Gasteiger charge is -2.26. The van der Waals surface area contributed by atoms with Crippen LogP contribution in [0.25, 0.3) is 0 Å². The van der Waals surface area contributed by atoms with Crippen molar-refractivity contribution in [3.63, 3.8) is 0 Å². The number of nitrogens with zero attached hydrogens (tertiary/aromatic N) is 2. The number of anilines is 1. The van der Waals surface area contributed by atoms with E-state index in [0.717, 1.165) is 23.4 Å². The molecule has 0 unspecified atom stereocenters. The van der Waals surface area contributed by atoms with Crippen LogP contribution in [0.1, 0.15) is 33.8 Å². The summed E-state index contributed by atoms with van der Waals surface area (Å²) < 4.78 is 10.7. The molecule has 148 valence electrons. The van der Waals surface area contributed by atoms with Crippen molar-refractivity contribution in [1.29, 1.82) is 0 Å². The van der Waals surface area contributed by atoms with Gasteiger partial charge in [0.25, 0.3) is 11.8 Å². The molecule has 0 bridgehead atoms. The second-order valence-electron chi connectivity index (χ2n) is 6.70. The van der Waals surface area contributed by atoms with Gasteiger partial charge in [-0.15, -0.1) is 0 Å². The number of hydrogen-bond acceptors (Lipinski definition) is 6. The summed E-state index contributed by atoms with van der Waals surface area (Å²) in [5.41, 5.74) is 1.37. The van der Waals surface area contributed by atoms with Crippen LogP contribution >= 0.6 is 22.9 Å². The number of fused-ring (bicyclic) bond motifs is 1. The molecule has 0 saturated carbocycles. The van der Waals surface area contributed by atoms with Crippen LogP contribution in [0, 0.1) is 0 Å². The summed E-state index contributed by atoms with van der Waals surface area (Å²) in [4.78, 5) is 32.5. The third kappa shape index (κ3) is 3.85. The summed E-state index contributed by atoms with van der Waals surface area (Å²) in [5, 5.41) is 3.89. The van der Waals surface area contributed by atoms with Crippen LogP contribution in [0.4, 0.5) is 5.13 Å². The SMILES string of the molecule is COc1ccc(Cl)cc1C(=O)N1CCc2nc(NC(=O)[C@@H]3CCCO3)sc2C1. The van der Waals surface area contributed by atoms with Crippen LogP contribution < -0.4 is 10.1 Å². The van der Waals surface area contributed by atoms with Gasteiger partial charge in [-0.05, 0) is 31.0 Å². The molecule has 2 amide bonds. The van der Waals surface area contributed by atoms with Crippen LogP contribution in [-0.4, -0.2) is 48.1 Å². The molecule has 9 heteroatoms. The zero-order chi connectivity index (χ0) is 19.7. The van der Waals surface area contributed by atoms with Crippen LogP contribution in [0.3, 0.4) is 0 Å². The largest absolute Gasteiger partial charge is 0.496 e. The molecular formula is C19H20ClN3O4S. The Balaban J connectivity index is 1.47. The Kier molecular flexibility index (Phi) is 5.52. The Morgan fingerprint density at radius 2 is 2.29 bits per heavy atom. The number of thiazole rings is 1. The molecule has 4 rings (SSSR count). The number of carbonyl (C=O) groups excluding carboxylic acids is 2. The minimum absolute atomic E-state index is 0.136. The van der Waals surface area contributed by atoms with E-state index in [1.807, 2.05) is 0 Å². The predicted octanol–water partition coefficient (Wildman–Crippen LogP) is 3.12. The van der Waals surface area contributed by atoms with Crippen molar-refractivity contribution in [3.05, 3.63) is 39.4 Å². The molecule has 0 radical (unpaired) electrons. The molecular weight excluding hydrogens is 402 g/mol. The first-order valence-electron chi connectivity index (χ1n) is 9.09. The van der Waals surface area contributed by atoms with E-state index in [-0.39, 0.29) is 11.8 Å². The van der Waals surface area contributed by atoms with E-state index in [1.165, 1.54) is 18.4 Å². The molecule has 1 fully saturated rings. The summed E-state index contributed by atoms with van der Waals surface area (Å²) in [6, 6.07) is 5.01. The van der Waals surface area contributed by atoms with Crippen molar-refractivity contribution >= 4 is 39.9 Å². The fourth-order valence-electron chi connectivity index (χ4n) is 3.41. The fraction of sp³-hybridized carbons (Fsp3) is 0.421. The number of hydrogen-bond donors (Lipinski definition) is 1. The zero-order valence-corrected chi connectivity index (χ0v) is 16.9. The van der Waals surface area contributed by atoms with Crippen LogP contribution in [0.5, 0.6) is 5.75 Å². The minimum atomic E-state index is -0.394. The summed E-state index contributed by atoms with van der Waals surface area (Å²) in [5.74, 6) is 0.206. The highest BCUT2D eigenvalue weighted by molar-refractivity contribution is 7.15. The van der Waals surface area contributed by atoms with E-state index >= 15 is 0 Å². The number of nitrogens with one attached hydrogen (secondary N) is 1. The zero-order valence-electron chi connectivity index (χ0n) is 15.4. The Morgan fingerprint density at radius 3 is 3.04 bits per heavy atom. The molecule has 0 aliphatic carbocycles. The highest BCUT2D eigenvalue weighted by Gasteiger charge is 2.28. The fourth-order valence-corrected chi connectivity index (χ4v) is 4.61.